The van der Waals surface area contributed by atoms with E-state index in [-0.39, 0.29) is 11.6 Å². The zero-order valence-corrected chi connectivity index (χ0v) is 19.2. The van der Waals surface area contributed by atoms with E-state index in [9.17, 15) is 4.79 Å². The Hall–Kier alpha value is -1.77. The Labute approximate surface area is 180 Å². The largest absolute Gasteiger partial charge is 0.493 e. The molecule has 1 N–H and O–H groups in total. The van der Waals surface area contributed by atoms with Gasteiger partial charge in [-0.05, 0) is 60.9 Å². The lowest BCUT2D eigenvalue weighted by atomic mass is 10.1. The Morgan fingerprint density at radius 1 is 1.11 bits per heavy atom. The number of aryl methyl sites for hydroxylation is 1. The Kier molecular flexibility index (Phi) is 9.08. The molecule has 154 valence electrons. The minimum absolute atomic E-state index is 0.244. The van der Waals surface area contributed by atoms with Gasteiger partial charge in [0.15, 0.2) is 11.5 Å². The number of nitrogens with zero attached hydrogens (tertiary/aromatic N) is 1. The van der Waals surface area contributed by atoms with Crippen LogP contribution in [-0.2, 0) is 0 Å². The van der Waals surface area contributed by atoms with Crippen molar-refractivity contribution in [3.63, 3.8) is 0 Å². The number of hydrogen-bond acceptors (Lipinski definition) is 5. The van der Waals surface area contributed by atoms with Crippen LogP contribution in [0.1, 0.15) is 62.5 Å². The van der Waals surface area contributed by atoms with Gasteiger partial charge in [0, 0.05) is 12.6 Å². The Morgan fingerprint density at radius 2 is 1.75 bits per heavy atom. The number of aromatic nitrogens is 1. The zero-order chi connectivity index (χ0) is 20.5. The molecule has 1 aromatic carbocycles. The smallest absolute Gasteiger partial charge is 0.274 e. The summed E-state index contributed by atoms with van der Waals surface area (Å²) >= 11 is 2.10. The standard InChI is InChI=1S/C21H29IN2O4/c1-5-8-10-26-16-13-17(27-11-9-6-2)15(12-14(16)4)20-18(22)19(24-28-20)21(25)23-7-3/h12-13H,5-11H2,1-4H3,(H,23,25). The molecule has 0 aliphatic rings. The highest BCUT2D eigenvalue weighted by Crippen LogP contribution is 2.39. The van der Waals surface area contributed by atoms with E-state index in [1.807, 2.05) is 26.0 Å². The van der Waals surface area contributed by atoms with Crippen LogP contribution in [0.15, 0.2) is 16.7 Å². The summed E-state index contributed by atoms with van der Waals surface area (Å²) in [7, 11) is 0. The summed E-state index contributed by atoms with van der Waals surface area (Å²) in [6, 6.07) is 3.90. The fraction of sp³-hybridized carbons (Fsp3) is 0.524. The summed E-state index contributed by atoms with van der Waals surface area (Å²) in [6.45, 7) is 9.93. The van der Waals surface area contributed by atoms with E-state index in [2.05, 4.69) is 46.9 Å². The number of halogens is 1. The molecule has 0 bridgehead atoms. The van der Waals surface area contributed by atoms with E-state index in [1.165, 1.54) is 0 Å². The third-order valence-electron chi connectivity index (χ3n) is 4.22. The van der Waals surface area contributed by atoms with Crippen molar-refractivity contribution in [2.45, 2.75) is 53.4 Å². The van der Waals surface area contributed by atoms with Crippen LogP contribution < -0.4 is 14.8 Å². The first-order valence-corrected chi connectivity index (χ1v) is 10.9. The summed E-state index contributed by atoms with van der Waals surface area (Å²) < 4.78 is 18.2. The normalized spacial score (nSPS) is 10.8. The Bertz CT molecular complexity index is 789. The van der Waals surface area contributed by atoms with Crippen LogP contribution in [0.2, 0.25) is 0 Å². The highest BCUT2D eigenvalue weighted by atomic mass is 127. The monoisotopic (exact) mass is 500 g/mol. The lowest BCUT2D eigenvalue weighted by Crippen LogP contribution is -2.23. The molecule has 2 aromatic rings. The van der Waals surface area contributed by atoms with Crippen LogP contribution >= 0.6 is 22.6 Å². The summed E-state index contributed by atoms with van der Waals surface area (Å²) in [4.78, 5) is 12.2. The molecule has 0 fully saturated rings. The summed E-state index contributed by atoms with van der Waals surface area (Å²) in [6.07, 6.45) is 4.08. The van der Waals surface area contributed by atoms with E-state index >= 15 is 0 Å². The Balaban J connectivity index is 2.41. The van der Waals surface area contributed by atoms with Crippen molar-refractivity contribution in [3.8, 4) is 22.8 Å². The van der Waals surface area contributed by atoms with Crippen LogP contribution in [0.3, 0.4) is 0 Å². The molecule has 6 nitrogen and oxygen atoms in total. The van der Waals surface area contributed by atoms with E-state index in [1.54, 1.807) is 0 Å². The van der Waals surface area contributed by atoms with Gasteiger partial charge in [-0.2, -0.15) is 0 Å². The first kappa shape index (κ1) is 22.5. The minimum Gasteiger partial charge on any atom is -0.493 e. The fourth-order valence-corrected chi connectivity index (χ4v) is 3.34. The van der Waals surface area contributed by atoms with Gasteiger partial charge < -0.3 is 19.3 Å². The van der Waals surface area contributed by atoms with Crippen molar-refractivity contribution in [3.05, 3.63) is 27.0 Å². The van der Waals surface area contributed by atoms with Gasteiger partial charge in [-0.3, -0.25) is 4.79 Å². The molecule has 0 unspecified atom stereocenters. The third kappa shape index (κ3) is 5.62. The molecule has 0 atom stereocenters. The van der Waals surface area contributed by atoms with Crippen LogP contribution in [0.25, 0.3) is 11.3 Å². The van der Waals surface area contributed by atoms with Crippen molar-refractivity contribution >= 4 is 28.5 Å². The van der Waals surface area contributed by atoms with E-state index in [4.69, 9.17) is 14.0 Å². The summed E-state index contributed by atoms with van der Waals surface area (Å²) in [5.41, 5.74) is 2.06. The number of amides is 1. The molecule has 1 amide bonds. The van der Waals surface area contributed by atoms with Crippen molar-refractivity contribution in [2.75, 3.05) is 19.8 Å². The molecule has 7 heteroatoms. The fourth-order valence-electron chi connectivity index (χ4n) is 2.61. The van der Waals surface area contributed by atoms with E-state index in [0.717, 1.165) is 42.6 Å². The first-order valence-electron chi connectivity index (χ1n) is 9.87. The number of nitrogens with one attached hydrogen (secondary N) is 1. The maximum atomic E-state index is 12.2. The number of carbonyl (C=O) groups excluding carboxylic acids is 1. The molecular formula is C21H29IN2O4. The van der Waals surface area contributed by atoms with Crippen LogP contribution in [-0.4, -0.2) is 30.8 Å². The van der Waals surface area contributed by atoms with Gasteiger partial charge in [0.1, 0.15) is 11.5 Å². The molecule has 2 rings (SSSR count). The quantitative estimate of drug-likeness (QED) is 0.332. The lowest BCUT2D eigenvalue weighted by Gasteiger charge is -2.15. The van der Waals surface area contributed by atoms with Gasteiger partial charge in [-0.15, -0.1) is 0 Å². The molecule has 1 heterocycles. The third-order valence-corrected chi connectivity index (χ3v) is 5.22. The SMILES string of the molecule is CCCCOc1cc(OCCCC)c(-c2onc(C(=O)NCC)c2I)cc1C. The second-order valence-electron chi connectivity index (χ2n) is 6.55. The average Bonchev–Trinajstić information content (AvgIpc) is 3.05. The number of ether oxygens (including phenoxy) is 2. The summed E-state index contributed by atoms with van der Waals surface area (Å²) in [5, 5.41) is 6.74. The van der Waals surface area contributed by atoms with Crippen LogP contribution in [0.4, 0.5) is 0 Å². The minimum atomic E-state index is -0.244. The van der Waals surface area contributed by atoms with E-state index < -0.39 is 0 Å². The molecule has 0 spiro atoms. The van der Waals surface area contributed by atoms with Gasteiger partial charge in [0.2, 0.25) is 0 Å². The topological polar surface area (TPSA) is 73.6 Å². The van der Waals surface area contributed by atoms with E-state index in [0.29, 0.717) is 34.8 Å². The van der Waals surface area contributed by atoms with Gasteiger partial charge in [-0.25, -0.2) is 0 Å². The number of carbonyl (C=O) groups is 1. The highest BCUT2D eigenvalue weighted by molar-refractivity contribution is 14.1. The van der Waals surface area contributed by atoms with Crippen LogP contribution in [0.5, 0.6) is 11.5 Å². The van der Waals surface area contributed by atoms with Crippen molar-refractivity contribution in [1.29, 1.82) is 0 Å². The van der Waals surface area contributed by atoms with Gasteiger partial charge in [0.25, 0.3) is 5.91 Å². The van der Waals surface area contributed by atoms with Gasteiger partial charge in [-0.1, -0.05) is 31.8 Å². The lowest BCUT2D eigenvalue weighted by molar-refractivity contribution is 0.0946. The molecule has 0 saturated carbocycles. The average molecular weight is 500 g/mol. The molecule has 0 aliphatic heterocycles. The van der Waals surface area contributed by atoms with Crippen molar-refractivity contribution < 1.29 is 18.8 Å². The number of rotatable bonds is 11. The number of unbranched alkanes of at least 4 members (excludes halogenated alkanes) is 2. The maximum Gasteiger partial charge on any atom is 0.274 e. The predicted octanol–water partition coefficient (Wildman–Crippen LogP) is 5.36. The van der Waals surface area contributed by atoms with Crippen molar-refractivity contribution in [1.82, 2.24) is 10.5 Å². The maximum absolute atomic E-state index is 12.2. The molecular weight excluding hydrogens is 471 g/mol. The summed E-state index contributed by atoms with van der Waals surface area (Å²) in [5.74, 6) is 1.78. The molecule has 28 heavy (non-hydrogen) atoms. The van der Waals surface area contributed by atoms with Gasteiger partial charge >= 0.3 is 0 Å². The number of benzene rings is 1. The molecule has 0 radical (unpaired) electrons. The highest BCUT2D eigenvalue weighted by Gasteiger charge is 2.24. The number of hydrogen-bond donors (Lipinski definition) is 1. The van der Waals surface area contributed by atoms with Gasteiger partial charge in [0.05, 0.1) is 22.3 Å². The zero-order valence-electron chi connectivity index (χ0n) is 17.1. The predicted molar refractivity (Wildman–Crippen MR) is 118 cm³/mol. The van der Waals surface area contributed by atoms with Crippen LogP contribution in [0, 0.1) is 10.5 Å². The molecule has 1 aromatic heterocycles. The second-order valence-corrected chi connectivity index (χ2v) is 7.63. The second kappa shape index (κ2) is 11.3. The molecule has 0 aliphatic carbocycles. The van der Waals surface area contributed by atoms with Crippen molar-refractivity contribution in [2.24, 2.45) is 0 Å². The Morgan fingerprint density at radius 3 is 2.36 bits per heavy atom. The molecule has 0 saturated heterocycles. The first-order chi connectivity index (χ1) is 13.5.